The van der Waals surface area contributed by atoms with Crippen LogP contribution in [-0.2, 0) is 0 Å². The van der Waals surface area contributed by atoms with Gasteiger partial charge in [0, 0.05) is 6.42 Å². The van der Waals surface area contributed by atoms with Crippen molar-refractivity contribution >= 4 is 6.34 Å². The maximum atomic E-state index is 9.90. The van der Waals surface area contributed by atoms with Gasteiger partial charge in [0.2, 0.25) is 6.34 Å². The Kier molecular flexibility index (Phi) is 5.62. The smallest absolute Gasteiger partial charge is 0.235 e. The highest BCUT2D eigenvalue weighted by molar-refractivity contribution is 5.51. The Morgan fingerprint density at radius 1 is 0.875 bits per heavy atom. The lowest BCUT2D eigenvalue weighted by molar-refractivity contribution is -0.580. The molecule has 2 aromatic carbocycles. The van der Waals surface area contributed by atoms with E-state index in [2.05, 4.69) is 15.8 Å². The number of benzene rings is 2. The van der Waals surface area contributed by atoms with Gasteiger partial charge < -0.3 is 10.2 Å². The minimum atomic E-state index is -0.0517. The van der Waals surface area contributed by atoms with Crippen LogP contribution in [0.2, 0.25) is 0 Å². The van der Waals surface area contributed by atoms with E-state index >= 15 is 0 Å². The summed E-state index contributed by atoms with van der Waals surface area (Å²) < 4.78 is 2.18. The minimum absolute atomic E-state index is 0.0517. The molecular formula is C20H25N2O2+. The van der Waals surface area contributed by atoms with Crippen LogP contribution in [0, 0.1) is 0 Å². The quantitative estimate of drug-likeness (QED) is 0.801. The Bertz CT molecular complexity index is 658. The normalized spacial score (nSPS) is 17.2. The maximum absolute atomic E-state index is 9.90. The Balaban J connectivity index is 1.87. The van der Waals surface area contributed by atoms with Crippen molar-refractivity contribution in [2.45, 2.75) is 18.5 Å². The second-order valence-electron chi connectivity index (χ2n) is 6.16. The zero-order chi connectivity index (χ0) is 16.8. The van der Waals surface area contributed by atoms with E-state index in [0.717, 1.165) is 30.6 Å². The van der Waals surface area contributed by atoms with E-state index in [1.165, 1.54) is 0 Å². The standard InChI is InChI=1S/C20H25N2O2/c23-14-19(17-8-3-1-4-9-17)21-12-7-13-22(16-21)20(15-24)18-10-5-2-6-11-18/h1-6,8-11,16,19-20,23-24H,7,12-15H2/q+1/t19-,20-/m1/s1. The summed E-state index contributed by atoms with van der Waals surface area (Å²) in [5.41, 5.74) is 2.22. The average Bonchev–Trinajstić information content (AvgIpc) is 2.65. The van der Waals surface area contributed by atoms with Crippen molar-refractivity contribution in [2.75, 3.05) is 26.3 Å². The van der Waals surface area contributed by atoms with Crippen LogP contribution in [0.15, 0.2) is 60.7 Å². The van der Waals surface area contributed by atoms with Crippen LogP contribution in [0.5, 0.6) is 0 Å². The number of hydrogen-bond donors (Lipinski definition) is 2. The van der Waals surface area contributed by atoms with Crippen LogP contribution in [0.4, 0.5) is 0 Å². The van der Waals surface area contributed by atoms with Crippen molar-refractivity contribution in [3.05, 3.63) is 71.8 Å². The number of aliphatic hydroxyl groups excluding tert-OH is 2. The highest BCUT2D eigenvalue weighted by atomic mass is 16.3. The van der Waals surface area contributed by atoms with Gasteiger partial charge in [-0.05, 0) is 11.1 Å². The summed E-state index contributed by atoms with van der Waals surface area (Å²) in [6, 6.07) is 20.1. The molecule has 0 bridgehead atoms. The fourth-order valence-electron chi connectivity index (χ4n) is 3.37. The van der Waals surface area contributed by atoms with Gasteiger partial charge >= 0.3 is 0 Å². The van der Waals surface area contributed by atoms with E-state index < -0.39 is 0 Å². The second-order valence-corrected chi connectivity index (χ2v) is 6.16. The van der Waals surface area contributed by atoms with Crippen LogP contribution in [0.25, 0.3) is 0 Å². The summed E-state index contributed by atoms with van der Waals surface area (Å²) in [4.78, 5) is 2.18. The minimum Gasteiger partial charge on any atom is -0.392 e. The van der Waals surface area contributed by atoms with Crippen molar-refractivity contribution in [1.29, 1.82) is 0 Å². The molecule has 1 aliphatic rings. The summed E-state index contributed by atoms with van der Waals surface area (Å²) in [6.07, 6.45) is 3.08. The fraction of sp³-hybridized carbons (Fsp3) is 0.350. The topological polar surface area (TPSA) is 46.7 Å². The summed E-state index contributed by atoms with van der Waals surface area (Å²) in [7, 11) is 0. The molecule has 2 atom stereocenters. The van der Waals surface area contributed by atoms with Crippen molar-refractivity contribution < 1.29 is 14.8 Å². The molecule has 1 heterocycles. The van der Waals surface area contributed by atoms with Crippen molar-refractivity contribution in [3.63, 3.8) is 0 Å². The summed E-state index contributed by atoms with van der Waals surface area (Å²) in [5, 5.41) is 19.8. The Morgan fingerprint density at radius 2 is 1.50 bits per heavy atom. The lowest BCUT2D eigenvalue weighted by Crippen LogP contribution is -2.41. The molecule has 126 valence electrons. The predicted octanol–water partition coefficient (Wildman–Crippen LogP) is 2.20. The third-order valence-electron chi connectivity index (χ3n) is 4.64. The predicted molar refractivity (Wildman–Crippen MR) is 95.1 cm³/mol. The molecule has 3 rings (SSSR count). The fourth-order valence-corrected chi connectivity index (χ4v) is 3.37. The molecule has 0 saturated carbocycles. The molecule has 0 spiro atoms. The molecular weight excluding hydrogens is 300 g/mol. The third kappa shape index (κ3) is 3.66. The van der Waals surface area contributed by atoms with Crippen LogP contribution in [0.1, 0.15) is 29.6 Å². The van der Waals surface area contributed by atoms with Gasteiger partial charge in [0.1, 0.15) is 12.1 Å². The summed E-state index contributed by atoms with van der Waals surface area (Å²) >= 11 is 0. The first-order valence-corrected chi connectivity index (χ1v) is 8.51. The van der Waals surface area contributed by atoms with Crippen LogP contribution >= 0.6 is 0 Å². The molecule has 0 unspecified atom stereocenters. The van der Waals surface area contributed by atoms with Gasteiger partial charge in [0.15, 0.2) is 0 Å². The Morgan fingerprint density at radius 3 is 2.08 bits per heavy atom. The Labute approximate surface area is 143 Å². The van der Waals surface area contributed by atoms with Gasteiger partial charge in [-0.3, -0.25) is 9.48 Å². The SMILES string of the molecule is OC[C@H](c1ccccc1)N1C=[N+]([C@H](CO)c2ccccc2)CCC1. The third-order valence-corrected chi connectivity index (χ3v) is 4.64. The highest BCUT2D eigenvalue weighted by Crippen LogP contribution is 2.23. The van der Waals surface area contributed by atoms with E-state index in [4.69, 9.17) is 0 Å². The molecule has 1 aliphatic heterocycles. The van der Waals surface area contributed by atoms with Crippen molar-refractivity contribution in [3.8, 4) is 0 Å². The highest BCUT2D eigenvalue weighted by Gasteiger charge is 2.29. The molecule has 0 fully saturated rings. The van der Waals surface area contributed by atoms with Gasteiger partial charge in [0.25, 0.3) is 0 Å². The lowest BCUT2D eigenvalue weighted by Gasteiger charge is -2.29. The van der Waals surface area contributed by atoms with E-state index in [0.29, 0.717) is 0 Å². The van der Waals surface area contributed by atoms with Gasteiger partial charge in [-0.2, -0.15) is 0 Å². The monoisotopic (exact) mass is 325 g/mol. The van der Waals surface area contributed by atoms with E-state index in [9.17, 15) is 10.2 Å². The average molecular weight is 325 g/mol. The first kappa shape index (κ1) is 16.7. The van der Waals surface area contributed by atoms with Crippen LogP contribution in [0.3, 0.4) is 0 Å². The van der Waals surface area contributed by atoms with Crippen molar-refractivity contribution in [2.24, 2.45) is 0 Å². The molecule has 24 heavy (non-hydrogen) atoms. The largest absolute Gasteiger partial charge is 0.392 e. The number of nitrogens with zero attached hydrogens (tertiary/aromatic N) is 2. The van der Waals surface area contributed by atoms with Gasteiger partial charge in [-0.15, -0.1) is 0 Å². The molecule has 0 saturated heterocycles. The van der Waals surface area contributed by atoms with Gasteiger partial charge in [-0.25, -0.2) is 0 Å². The maximum Gasteiger partial charge on any atom is 0.235 e. The van der Waals surface area contributed by atoms with E-state index in [1.54, 1.807) is 0 Å². The molecule has 4 nitrogen and oxygen atoms in total. The molecule has 0 amide bonds. The first-order valence-electron chi connectivity index (χ1n) is 8.51. The molecule has 4 heteroatoms. The second kappa shape index (κ2) is 8.08. The number of rotatable bonds is 6. The van der Waals surface area contributed by atoms with Crippen LogP contribution in [-0.4, -0.2) is 52.3 Å². The lowest BCUT2D eigenvalue weighted by atomic mass is 10.0. The van der Waals surface area contributed by atoms with Crippen molar-refractivity contribution in [1.82, 2.24) is 4.90 Å². The zero-order valence-corrected chi connectivity index (χ0v) is 13.8. The van der Waals surface area contributed by atoms with E-state index in [1.807, 2.05) is 60.7 Å². The van der Waals surface area contributed by atoms with Gasteiger partial charge in [0.05, 0.1) is 26.3 Å². The molecule has 0 aromatic heterocycles. The summed E-state index contributed by atoms with van der Waals surface area (Å²) in [5.74, 6) is 0. The number of hydrogen-bond acceptors (Lipinski definition) is 3. The molecule has 2 aromatic rings. The summed E-state index contributed by atoms with van der Waals surface area (Å²) in [6.45, 7) is 1.96. The Hall–Kier alpha value is -2.17. The van der Waals surface area contributed by atoms with E-state index in [-0.39, 0.29) is 25.3 Å². The first-order chi connectivity index (χ1) is 11.8. The van der Waals surface area contributed by atoms with Crippen LogP contribution < -0.4 is 0 Å². The zero-order valence-electron chi connectivity index (χ0n) is 13.8. The molecule has 0 aliphatic carbocycles. The number of aliphatic hydroxyl groups is 2. The molecule has 2 N–H and O–H groups in total. The van der Waals surface area contributed by atoms with Gasteiger partial charge in [-0.1, -0.05) is 60.7 Å². The molecule has 0 radical (unpaired) electrons.